The molecular weight excluding hydrogens is 314 g/mol. The van der Waals surface area contributed by atoms with Gasteiger partial charge in [-0.1, -0.05) is 6.58 Å². The molecule has 0 atom stereocenters. The predicted molar refractivity (Wildman–Crippen MR) is 76.1 cm³/mol. The lowest BCUT2D eigenvalue weighted by molar-refractivity contribution is -0.0689. The molecule has 7 heteroatoms. The van der Waals surface area contributed by atoms with E-state index in [9.17, 15) is 22.4 Å². The van der Waals surface area contributed by atoms with Gasteiger partial charge < -0.3 is 4.74 Å². The molecule has 1 heterocycles. The van der Waals surface area contributed by atoms with E-state index in [0.29, 0.717) is 5.56 Å². The summed E-state index contributed by atoms with van der Waals surface area (Å²) in [7, 11) is 1.11. The zero-order valence-corrected chi connectivity index (χ0v) is 11.9. The SMILES string of the molecule is C=C(c1cc(C(=O)OC)cc(-c2ccc(F)cc2)n1)C(F)(F)F. The van der Waals surface area contributed by atoms with E-state index in [0.717, 1.165) is 25.3 Å². The molecule has 0 spiro atoms. The molecule has 1 aromatic carbocycles. The molecule has 0 N–H and O–H groups in total. The number of allylic oxidation sites excluding steroid dienone is 1. The molecule has 0 bridgehead atoms. The van der Waals surface area contributed by atoms with Crippen LogP contribution in [-0.2, 0) is 4.74 Å². The van der Waals surface area contributed by atoms with E-state index in [4.69, 9.17) is 0 Å². The highest BCUT2D eigenvalue weighted by atomic mass is 19.4. The van der Waals surface area contributed by atoms with Gasteiger partial charge in [0, 0.05) is 5.56 Å². The largest absolute Gasteiger partial charge is 0.465 e. The zero-order valence-electron chi connectivity index (χ0n) is 11.9. The molecule has 2 rings (SSSR count). The molecular formula is C16H11F4NO2. The third-order valence-corrected chi connectivity index (χ3v) is 3.04. The molecule has 2 aromatic rings. The number of hydrogen-bond acceptors (Lipinski definition) is 3. The Bertz CT molecular complexity index is 752. The van der Waals surface area contributed by atoms with Crippen LogP contribution in [0.5, 0.6) is 0 Å². The number of carbonyl (C=O) groups excluding carboxylic acids is 1. The van der Waals surface area contributed by atoms with E-state index in [1.807, 2.05) is 0 Å². The second-order valence-electron chi connectivity index (χ2n) is 4.60. The Morgan fingerprint density at radius 3 is 2.30 bits per heavy atom. The Labute approximate surface area is 129 Å². The average molecular weight is 325 g/mol. The first-order valence-electron chi connectivity index (χ1n) is 6.35. The average Bonchev–Trinajstić information content (AvgIpc) is 2.52. The number of halogens is 4. The molecule has 0 saturated heterocycles. The van der Waals surface area contributed by atoms with Crippen molar-refractivity contribution >= 4 is 11.5 Å². The van der Waals surface area contributed by atoms with Gasteiger partial charge in [-0.2, -0.15) is 13.2 Å². The van der Waals surface area contributed by atoms with E-state index in [1.165, 1.54) is 18.2 Å². The second kappa shape index (κ2) is 6.20. The topological polar surface area (TPSA) is 39.2 Å². The van der Waals surface area contributed by atoms with Crippen LogP contribution in [0.15, 0.2) is 43.0 Å². The fourth-order valence-corrected chi connectivity index (χ4v) is 1.83. The van der Waals surface area contributed by atoms with Gasteiger partial charge in [0.1, 0.15) is 5.82 Å². The number of nitrogens with zero attached hydrogens (tertiary/aromatic N) is 1. The fraction of sp³-hybridized carbons (Fsp3) is 0.125. The van der Waals surface area contributed by atoms with Gasteiger partial charge in [-0.3, -0.25) is 0 Å². The standard InChI is InChI=1S/C16H11F4NO2/c1-9(16(18,19)20)13-7-11(15(22)23-2)8-14(21-13)10-3-5-12(17)6-4-10/h3-8H,1H2,2H3. The lowest BCUT2D eigenvalue weighted by atomic mass is 10.1. The summed E-state index contributed by atoms with van der Waals surface area (Å²) in [5.74, 6) is -1.32. The summed E-state index contributed by atoms with van der Waals surface area (Å²) in [6.07, 6.45) is -4.69. The summed E-state index contributed by atoms with van der Waals surface area (Å²) in [5, 5.41) is 0. The number of aromatic nitrogens is 1. The third-order valence-electron chi connectivity index (χ3n) is 3.04. The summed E-state index contributed by atoms with van der Waals surface area (Å²) in [5.41, 5.74) is -1.37. The molecule has 0 aliphatic carbocycles. The smallest absolute Gasteiger partial charge is 0.417 e. The highest BCUT2D eigenvalue weighted by Gasteiger charge is 2.34. The highest BCUT2D eigenvalue weighted by Crippen LogP contribution is 2.33. The first-order chi connectivity index (χ1) is 10.7. The minimum atomic E-state index is -4.69. The lowest BCUT2D eigenvalue weighted by Crippen LogP contribution is -2.12. The molecule has 0 aliphatic rings. The second-order valence-corrected chi connectivity index (χ2v) is 4.60. The van der Waals surface area contributed by atoms with Crippen LogP contribution in [0.1, 0.15) is 16.1 Å². The Hall–Kier alpha value is -2.70. The number of esters is 1. The first-order valence-corrected chi connectivity index (χ1v) is 6.35. The van der Waals surface area contributed by atoms with Crippen LogP contribution in [0.3, 0.4) is 0 Å². The minimum absolute atomic E-state index is 0.0771. The van der Waals surface area contributed by atoms with Crippen LogP contribution in [0.25, 0.3) is 16.8 Å². The number of ether oxygens (including phenoxy) is 1. The van der Waals surface area contributed by atoms with Crippen molar-refractivity contribution in [3.8, 4) is 11.3 Å². The van der Waals surface area contributed by atoms with Gasteiger partial charge >= 0.3 is 12.1 Å². The number of hydrogen-bond donors (Lipinski definition) is 0. The number of carbonyl (C=O) groups is 1. The van der Waals surface area contributed by atoms with Crippen molar-refractivity contribution in [2.24, 2.45) is 0 Å². The van der Waals surface area contributed by atoms with E-state index in [-0.39, 0.29) is 11.3 Å². The highest BCUT2D eigenvalue weighted by molar-refractivity contribution is 5.91. The van der Waals surface area contributed by atoms with Crippen molar-refractivity contribution in [3.63, 3.8) is 0 Å². The number of alkyl halides is 3. The van der Waals surface area contributed by atoms with Gasteiger partial charge in [-0.15, -0.1) is 0 Å². The Morgan fingerprint density at radius 1 is 1.17 bits per heavy atom. The summed E-state index contributed by atoms with van der Waals surface area (Å²) in [4.78, 5) is 15.5. The summed E-state index contributed by atoms with van der Waals surface area (Å²) in [6.45, 7) is 2.97. The van der Waals surface area contributed by atoms with E-state index in [2.05, 4.69) is 16.3 Å². The molecule has 0 unspecified atom stereocenters. The van der Waals surface area contributed by atoms with Crippen molar-refractivity contribution in [1.29, 1.82) is 0 Å². The fourth-order valence-electron chi connectivity index (χ4n) is 1.83. The number of benzene rings is 1. The molecule has 0 aliphatic heterocycles. The van der Waals surface area contributed by atoms with Crippen LogP contribution in [0.4, 0.5) is 17.6 Å². The van der Waals surface area contributed by atoms with Crippen LogP contribution in [0.2, 0.25) is 0 Å². The van der Waals surface area contributed by atoms with Crippen LogP contribution in [-0.4, -0.2) is 24.2 Å². The molecule has 0 radical (unpaired) electrons. The van der Waals surface area contributed by atoms with Crippen LogP contribution >= 0.6 is 0 Å². The van der Waals surface area contributed by atoms with Gasteiger partial charge in [0.15, 0.2) is 0 Å². The maximum Gasteiger partial charge on any atom is 0.417 e. The Kier molecular flexibility index (Phi) is 4.49. The Morgan fingerprint density at radius 2 is 1.78 bits per heavy atom. The number of methoxy groups -OCH3 is 1. The van der Waals surface area contributed by atoms with Gasteiger partial charge in [0.25, 0.3) is 0 Å². The zero-order chi connectivity index (χ0) is 17.2. The van der Waals surface area contributed by atoms with Gasteiger partial charge in [0.05, 0.1) is 29.6 Å². The number of rotatable bonds is 3. The molecule has 3 nitrogen and oxygen atoms in total. The van der Waals surface area contributed by atoms with Gasteiger partial charge in [0.2, 0.25) is 0 Å². The van der Waals surface area contributed by atoms with Crippen LogP contribution in [0, 0.1) is 5.82 Å². The van der Waals surface area contributed by atoms with Crippen molar-refractivity contribution < 1.29 is 27.1 Å². The molecule has 23 heavy (non-hydrogen) atoms. The molecule has 0 amide bonds. The minimum Gasteiger partial charge on any atom is -0.465 e. The summed E-state index contributed by atoms with van der Waals surface area (Å²) >= 11 is 0. The van der Waals surface area contributed by atoms with Crippen molar-refractivity contribution in [2.45, 2.75) is 6.18 Å². The molecule has 0 saturated carbocycles. The normalized spacial score (nSPS) is 11.2. The summed E-state index contributed by atoms with van der Waals surface area (Å²) in [6, 6.07) is 7.19. The first kappa shape index (κ1) is 16.7. The number of pyridine rings is 1. The molecule has 120 valence electrons. The maximum absolute atomic E-state index is 13.0. The van der Waals surface area contributed by atoms with Crippen molar-refractivity contribution in [1.82, 2.24) is 4.98 Å². The molecule has 1 aromatic heterocycles. The van der Waals surface area contributed by atoms with Gasteiger partial charge in [-0.25, -0.2) is 14.2 Å². The van der Waals surface area contributed by atoms with Crippen LogP contribution < -0.4 is 0 Å². The monoisotopic (exact) mass is 325 g/mol. The molecule has 0 fully saturated rings. The van der Waals surface area contributed by atoms with E-state index < -0.39 is 29.2 Å². The van der Waals surface area contributed by atoms with E-state index >= 15 is 0 Å². The quantitative estimate of drug-likeness (QED) is 0.625. The maximum atomic E-state index is 13.0. The lowest BCUT2D eigenvalue weighted by Gasteiger charge is -2.12. The summed E-state index contributed by atoms with van der Waals surface area (Å²) < 4.78 is 56.0. The Balaban J connectivity index is 2.60. The van der Waals surface area contributed by atoms with Gasteiger partial charge in [-0.05, 0) is 36.4 Å². The van der Waals surface area contributed by atoms with Crippen molar-refractivity contribution in [2.75, 3.05) is 7.11 Å². The predicted octanol–water partition coefficient (Wildman–Crippen LogP) is 4.25. The third kappa shape index (κ3) is 3.74. The van der Waals surface area contributed by atoms with E-state index in [1.54, 1.807) is 0 Å². The van der Waals surface area contributed by atoms with Crippen molar-refractivity contribution in [3.05, 3.63) is 60.1 Å².